The number of nitrogens with zero attached hydrogens (tertiary/aromatic N) is 2. The highest BCUT2D eigenvalue weighted by atomic mass is 32.1. The molecule has 2 aromatic rings. The first-order valence-electron chi connectivity index (χ1n) is 7.73. The van der Waals surface area contributed by atoms with Gasteiger partial charge in [-0.15, -0.1) is 0 Å². The van der Waals surface area contributed by atoms with Gasteiger partial charge >= 0.3 is 12.1 Å². The number of hydrogen-bond acceptors (Lipinski definition) is 5. The monoisotopic (exact) mass is 388 g/mol. The van der Waals surface area contributed by atoms with Crippen molar-refractivity contribution in [3.63, 3.8) is 0 Å². The second-order valence-electron chi connectivity index (χ2n) is 6.10. The lowest BCUT2D eigenvalue weighted by Crippen LogP contribution is -2.34. The molecule has 0 radical (unpaired) electrons. The van der Waals surface area contributed by atoms with Crippen molar-refractivity contribution in [2.75, 3.05) is 13.1 Å². The number of hydrogen-bond donors (Lipinski definition) is 1. The van der Waals surface area contributed by atoms with Crippen LogP contribution in [0, 0.1) is 18.8 Å². The fraction of sp³-hybridized carbons (Fsp3) is 0.438. The molecule has 1 aliphatic rings. The van der Waals surface area contributed by atoms with Gasteiger partial charge < -0.3 is 14.4 Å². The van der Waals surface area contributed by atoms with Crippen molar-refractivity contribution >= 4 is 23.2 Å². The molecule has 3 heterocycles. The number of carboxylic acids is 1. The Morgan fingerprint density at radius 1 is 1.42 bits per heavy atom. The number of oxazole rings is 1. The molecule has 2 atom stereocenters. The van der Waals surface area contributed by atoms with Crippen LogP contribution >= 0.6 is 11.3 Å². The van der Waals surface area contributed by atoms with Crippen LogP contribution < -0.4 is 0 Å². The molecule has 6 nitrogen and oxygen atoms in total. The Bertz CT molecular complexity index is 816. The van der Waals surface area contributed by atoms with Crippen LogP contribution in [0.5, 0.6) is 0 Å². The molecule has 26 heavy (non-hydrogen) atoms. The fourth-order valence-electron chi connectivity index (χ4n) is 2.95. The second kappa shape index (κ2) is 6.75. The van der Waals surface area contributed by atoms with E-state index in [1.807, 2.05) is 10.8 Å². The van der Waals surface area contributed by atoms with E-state index in [4.69, 9.17) is 9.52 Å². The van der Waals surface area contributed by atoms with Gasteiger partial charge in [-0.3, -0.25) is 9.59 Å². The second-order valence-corrected chi connectivity index (χ2v) is 6.88. The van der Waals surface area contributed by atoms with Crippen molar-refractivity contribution in [2.45, 2.75) is 19.5 Å². The van der Waals surface area contributed by atoms with Crippen LogP contribution in [0.25, 0.3) is 11.5 Å². The summed E-state index contributed by atoms with van der Waals surface area (Å²) in [6, 6.07) is 1.80. The quantitative estimate of drug-likeness (QED) is 0.871. The first-order valence-corrected chi connectivity index (χ1v) is 8.67. The highest BCUT2D eigenvalue weighted by molar-refractivity contribution is 7.08. The van der Waals surface area contributed by atoms with Crippen molar-refractivity contribution in [2.24, 2.45) is 11.8 Å². The molecule has 1 saturated heterocycles. The van der Waals surface area contributed by atoms with Gasteiger partial charge in [-0.05, 0) is 18.4 Å². The lowest BCUT2D eigenvalue weighted by Gasteiger charge is -2.18. The number of halogens is 3. The Morgan fingerprint density at radius 2 is 2.15 bits per heavy atom. The summed E-state index contributed by atoms with van der Waals surface area (Å²) in [6.45, 7) is 0.494. The molecule has 140 valence electrons. The van der Waals surface area contributed by atoms with Crippen LogP contribution in [0.3, 0.4) is 0 Å². The van der Waals surface area contributed by atoms with Crippen LogP contribution in [0.15, 0.2) is 21.2 Å². The van der Waals surface area contributed by atoms with E-state index in [2.05, 4.69) is 4.98 Å². The number of carbonyl (C=O) groups is 2. The van der Waals surface area contributed by atoms with Gasteiger partial charge in [0.25, 0.3) is 0 Å². The normalized spacial score (nSPS) is 20.5. The first kappa shape index (κ1) is 18.4. The maximum atomic E-state index is 13.0. The third-order valence-electron chi connectivity index (χ3n) is 4.39. The molecular weight excluding hydrogens is 373 g/mol. The lowest BCUT2D eigenvalue weighted by molar-refractivity contribution is -0.188. The number of carbonyl (C=O) groups excluding carboxylic acids is 1. The van der Waals surface area contributed by atoms with E-state index in [1.54, 1.807) is 13.0 Å². The van der Waals surface area contributed by atoms with Gasteiger partial charge in [0.2, 0.25) is 11.8 Å². The number of rotatable bonds is 4. The minimum atomic E-state index is -4.67. The van der Waals surface area contributed by atoms with Gasteiger partial charge in [-0.1, -0.05) is 0 Å². The summed E-state index contributed by atoms with van der Waals surface area (Å²) in [5.74, 6) is -5.14. The van der Waals surface area contributed by atoms with Crippen molar-refractivity contribution in [3.8, 4) is 11.5 Å². The fourth-order valence-corrected chi connectivity index (χ4v) is 3.58. The van der Waals surface area contributed by atoms with E-state index in [-0.39, 0.29) is 6.42 Å². The smallest absolute Gasteiger partial charge is 0.394 e. The summed E-state index contributed by atoms with van der Waals surface area (Å²) in [5.41, 5.74) is 1.08. The van der Waals surface area contributed by atoms with E-state index in [9.17, 15) is 22.8 Å². The Balaban J connectivity index is 1.74. The Kier molecular flexibility index (Phi) is 4.78. The molecule has 0 aromatic carbocycles. The van der Waals surface area contributed by atoms with Crippen LogP contribution in [0.4, 0.5) is 13.2 Å². The Hall–Kier alpha value is -2.36. The molecular formula is C16H15F3N2O4S. The maximum Gasteiger partial charge on any atom is 0.394 e. The van der Waals surface area contributed by atoms with Gasteiger partial charge in [0, 0.05) is 24.0 Å². The summed E-state index contributed by atoms with van der Waals surface area (Å²) in [6.07, 6.45) is -4.91. The van der Waals surface area contributed by atoms with E-state index in [0.717, 1.165) is 10.5 Å². The van der Waals surface area contributed by atoms with Crippen molar-refractivity contribution in [1.82, 2.24) is 9.88 Å². The zero-order valence-corrected chi connectivity index (χ0v) is 14.4. The van der Waals surface area contributed by atoms with Gasteiger partial charge in [0.05, 0.1) is 24.0 Å². The predicted octanol–water partition coefficient (Wildman–Crippen LogP) is 2.98. The molecule has 10 heteroatoms. The number of alkyl halides is 3. The number of aromatic nitrogens is 1. The Labute approximate surface area is 150 Å². The van der Waals surface area contributed by atoms with Crippen LogP contribution in [0.2, 0.25) is 0 Å². The molecule has 0 unspecified atom stereocenters. The van der Waals surface area contributed by atoms with Crippen LogP contribution in [0.1, 0.15) is 11.5 Å². The minimum Gasteiger partial charge on any atom is -0.481 e. The highest BCUT2D eigenvalue weighted by Gasteiger charge is 2.53. The predicted molar refractivity (Wildman–Crippen MR) is 85.5 cm³/mol. The number of likely N-dealkylation sites (tertiary alicyclic amines) is 1. The molecule has 0 saturated carbocycles. The van der Waals surface area contributed by atoms with Gasteiger partial charge in [-0.25, -0.2) is 4.98 Å². The zero-order valence-electron chi connectivity index (χ0n) is 13.6. The Morgan fingerprint density at radius 3 is 2.69 bits per heavy atom. The van der Waals surface area contributed by atoms with Gasteiger partial charge in [-0.2, -0.15) is 24.5 Å². The SMILES string of the molecule is Cc1oc(-c2ccsc2)nc1CC(=O)N1C[C@@H](C(F)(F)F)[C@H](C(=O)O)C1. The van der Waals surface area contributed by atoms with Crippen molar-refractivity contribution in [3.05, 3.63) is 28.3 Å². The van der Waals surface area contributed by atoms with Crippen molar-refractivity contribution < 1.29 is 32.3 Å². The van der Waals surface area contributed by atoms with Gasteiger partial charge in [0.15, 0.2) is 0 Å². The summed E-state index contributed by atoms with van der Waals surface area (Å²) in [4.78, 5) is 28.7. The largest absolute Gasteiger partial charge is 0.481 e. The number of aliphatic carboxylic acids is 1. The topological polar surface area (TPSA) is 83.6 Å². The summed E-state index contributed by atoms with van der Waals surface area (Å²) in [5, 5.41) is 12.7. The molecule has 2 aromatic heterocycles. The lowest BCUT2D eigenvalue weighted by atomic mass is 9.96. The maximum absolute atomic E-state index is 13.0. The minimum absolute atomic E-state index is 0.240. The average molecular weight is 388 g/mol. The molecule has 0 aliphatic carbocycles. The molecule has 0 bridgehead atoms. The molecule has 1 fully saturated rings. The molecule has 1 aliphatic heterocycles. The van der Waals surface area contributed by atoms with E-state index in [1.165, 1.54) is 11.3 Å². The third-order valence-corrected chi connectivity index (χ3v) is 5.07. The summed E-state index contributed by atoms with van der Waals surface area (Å²) in [7, 11) is 0. The molecule has 1 amide bonds. The summed E-state index contributed by atoms with van der Waals surface area (Å²) < 4.78 is 44.6. The van der Waals surface area contributed by atoms with E-state index < -0.39 is 43.0 Å². The average Bonchev–Trinajstić information content (AvgIpc) is 3.25. The standard InChI is InChI=1S/C16H15F3N2O4S/c1-8-12(20-14(25-8)9-2-3-26-7-9)4-13(22)21-5-10(15(23)24)11(6-21)16(17,18)19/h2-3,7,10-11H,4-6H2,1H3,(H,23,24)/t10-,11-/m1/s1. The van der Waals surface area contributed by atoms with Crippen LogP contribution in [-0.2, 0) is 16.0 Å². The van der Waals surface area contributed by atoms with E-state index in [0.29, 0.717) is 17.3 Å². The molecule has 0 spiro atoms. The number of thiophene rings is 1. The van der Waals surface area contributed by atoms with Crippen molar-refractivity contribution in [1.29, 1.82) is 0 Å². The molecule has 1 N–H and O–H groups in total. The number of amides is 1. The summed E-state index contributed by atoms with van der Waals surface area (Å²) >= 11 is 1.45. The van der Waals surface area contributed by atoms with Gasteiger partial charge in [0.1, 0.15) is 5.76 Å². The highest BCUT2D eigenvalue weighted by Crippen LogP contribution is 2.38. The molecule has 3 rings (SSSR count). The first-order chi connectivity index (χ1) is 12.2. The third kappa shape index (κ3) is 3.59. The van der Waals surface area contributed by atoms with E-state index >= 15 is 0 Å². The number of aryl methyl sites for hydroxylation is 1. The zero-order chi connectivity index (χ0) is 19.1. The number of carboxylic acid groups (broad SMARTS) is 1. The van der Waals surface area contributed by atoms with Crippen LogP contribution in [-0.4, -0.2) is 46.1 Å².